The molecule has 7 N–H and O–H groups in total. The van der Waals surface area contributed by atoms with Crippen molar-refractivity contribution in [1.82, 2.24) is 47.0 Å². The number of hydrogen-bond acceptors (Lipinski definition) is 9. The lowest BCUT2D eigenvalue weighted by molar-refractivity contribution is -0.144. The summed E-state index contributed by atoms with van der Waals surface area (Å²) in [7, 11) is 1.37. The standard InChI is InChI=1S/C61H81N9O7Si/c1-37(62-6)54(71)67-50(59(76)70-36-78(8,9)35-52(70)58(75)66-49-23-15-19-43-17-11-13-21-47(43)49)32-39-24-26-40(27-25-39)41-28-30-44(31-29-41)56(73)64-45-33-51(57(74)65-48-22-14-18-42-16-10-12-20-46(42)48)69(34-45)60(77)53(61(3,4)5)68-55(72)38(2)63-7/h10-13,16-17,20-21,24-31,37-38,45,48-53,62-63H,14-15,18-19,22-23,32-36H2,1-9H3,(H,64,73)(H,65,74)(H,66,75)(H,67,71)(H,68,72)/t37-,38-,45-,48+,49+,50-,51-,52-,53+/m0/s1. The highest BCUT2D eigenvalue weighted by molar-refractivity contribution is 6.79. The summed E-state index contributed by atoms with van der Waals surface area (Å²) in [6.45, 7) is 13.6. The van der Waals surface area contributed by atoms with Crippen molar-refractivity contribution in [3.63, 3.8) is 0 Å². The van der Waals surface area contributed by atoms with Crippen LogP contribution in [0.5, 0.6) is 0 Å². The first kappa shape index (κ1) is 57.5. The van der Waals surface area contributed by atoms with E-state index >= 15 is 0 Å². The molecule has 0 unspecified atom stereocenters. The summed E-state index contributed by atoms with van der Waals surface area (Å²) in [6, 6.07) is 26.5. The molecule has 7 amide bonds. The molecule has 9 atom stereocenters. The largest absolute Gasteiger partial charge is 0.348 e. The van der Waals surface area contributed by atoms with Gasteiger partial charge in [-0.2, -0.15) is 0 Å². The van der Waals surface area contributed by atoms with Crippen LogP contribution in [0.1, 0.15) is 117 Å². The minimum absolute atomic E-state index is 0.0760. The van der Waals surface area contributed by atoms with E-state index in [-0.39, 0.29) is 66.9 Å². The molecule has 416 valence electrons. The van der Waals surface area contributed by atoms with Gasteiger partial charge in [-0.15, -0.1) is 0 Å². The molecule has 78 heavy (non-hydrogen) atoms. The Morgan fingerprint density at radius 1 is 0.628 bits per heavy atom. The first-order chi connectivity index (χ1) is 37.1. The Labute approximate surface area is 461 Å². The summed E-state index contributed by atoms with van der Waals surface area (Å²) in [5.74, 6) is -2.12. The first-order valence-electron chi connectivity index (χ1n) is 28.0. The van der Waals surface area contributed by atoms with Crippen molar-refractivity contribution < 1.29 is 33.6 Å². The maximum atomic E-state index is 14.8. The molecule has 0 saturated carbocycles. The van der Waals surface area contributed by atoms with E-state index in [1.807, 2.05) is 87.5 Å². The summed E-state index contributed by atoms with van der Waals surface area (Å²) < 4.78 is 0. The number of fused-ring (bicyclic) bond motifs is 2. The van der Waals surface area contributed by atoms with Crippen LogP contribution < -0.4 is 37.2 Å². The molecule has 4 aromatic rings. The predicted molar refractivity (Wildman–Crippen MR) is 306 cm³/mol. The van der Waals surface area contributed by atoms with E-state index in [9.17, 15) is 33.6 Å². The molecule has 2 heterocycles. The average molecular weight is 1080 g/mol. The lowest BCUT2D eigenvalue weighted by atomic mass is 9.85. The maximum absolute atomic E-state index is 14.8. The number of aryl methyl sites for hydroxylation is 2. The number of nitrogens with zero attached hydrogens (tertiary/aromatic N) is 2. The smallest absolute Gasteiger partial charge is 0.251 e. The van der Waals surface area contributed by atoms with E-state index in [2.05, 4.69) is 68.5 Å². The quantitative estimate of drug-likeness (QED) is 0.0649. The summed E-state index contributed by atoms with van der Waals surface area (Å²) in [4.78, 5) is 102. The van der Waals surface area contributed by atoms with Crippen LogP contribution in [-0.4, -0.2) is 128 Å². The molecule has 2 saturated heterocycles. The van der Waals surface area contributed by atoms with E-state index in [1.54, 1.807) is 45.0 Å². The molecule has 16 nitrogen and oxygen atoms in total. The Morgan fingerprint density at radius 2 is 1.14 bits per heavy atom. The Bertz CT molecular complexity index is 2850. The Hall–Kier alpha value is -6.69. The van der Waals surface area contributed by atoms with Crippen molar-refractivity contribution in [3.05, 3.63) is 130 Å². The second-order valence-electron chi connectivity index (χ2n) is 23.9. The van der Waals surface area contributed by atoms with Crippen LogP contribution >= 0.6 is 0 Å². The third-order valence-electron chi connectivity index (χ3n) is 16.4. The van der Waals surface area contributed by atoms with Crippen LogP contribution in [0.15, 0.2) is 97.1 Å². The summed E-state index contributed by atoms with van der Waals surface area (Å²) in [5.41, 5.74) is 6.89. The molecular weight excluding hydrogens is 999 g/mol. The highest BCUT2D eigenvalue weighted by atomic mass is 28.3. The maximum Gasteiger partial charge on any atom is 0.251 e. The zero-order chi connectivity index (χ0) is 56.1. The van der Waals surface area contributed by atoms with Crippen LogP contribution in [0.2, 0.25) is 19.1 Å². The number of carbonyl (C=O) groups is 7. The van der Waals surface area contributed by atoms with Crippen LogP contribution in [0.4, 0.5) is 0 Å². The molecule has 8 rings (SSSR count). The van der Waals surface area contributed by atoms with Gasteiger partial charge >= 0.3 is 0 Å². The number of nitrogens with one attached hydrogen (secondary N) is 7. The second-order valence-corrected chi connectivity index (χ2v) is 29.0. The van der Waals surface area contributed by atoms with Crippen LogP contribution in [0, 0.1) is 5.41 Å². The van der Waals surface area contributed by atoms with Gasteiger partial charge in [0.1, 0.15) is 24.2 Å². The Kier molecular flexibility index (Phi) is 18.1. The van der Waals surface area contributed by atoms with E-state index in [0.717, 1.165) is 66.3 Å². The predicted octanol–water partition coefficient (Wildman–Crippen LogP) is 5.67. The van der Waals surface area contributed by atoms with E-state index < -0.39 is 61.7 Å². The van der Waals surface area contributed by atoms with Crippen molar-refractivity contribution in [2.24, 2.45) is 5.41 Å². The lowest BCUT2D eigenvalue weighted by Crippen LogP contribution is -2.59. The van der Waals surface area contributed by atoms with Crippen molar-refractivity contribution >= 4 is 49.4 Å². The number of amides is 7. The van der Waals surface area contributed by atoms with Gasteiger partial charge in [-0.25, -0.2) is 0 Å². The summed E-state index contributed by atoms with van der Waals surface area (Å²) in [6.07, 6.45) is 6.31. The van der Waals surface area contributed by atoms with Crippen molar-refractivity contribution in [2.45, 2.75) is 159 Å². The molecule has 2 aliphatic carbocycles. The van der Waals surface area contributed by atoms with Crippen LogP contribution in [0.25, 0.3) is 11.1 Å². The van der Waals surface area contributed by atoms with Gasteiger partial charge in [0, 0.05) is 30.7 Å². The monoisotopic (exact) mass is 1080 g/mol. The van der Waals surface area contributed by atoms with Gasteiger partial charge in [0.15, 0.2) is 0 Å². The average Bonchev–Trinajstić information content (AvgIpc) is 4.05. The highest BCUT2D eigenvalue weighted by Gasteiger charge is 2.48. The molecule has 0 radical (unpaired) electrons. The molecular formula is C61H81N9O7Si. The number of hydrogen-bond donors (Lipinski definition) is 7. The Morgan fingerprint density at radius 3 is 1.68 bits per heavy atom. The SMILES string of the molecule is CN[C@@H](C)C(=O)N[C@@H](Cc1ccc(-c2ccc(C(=O)N[C@H]3C[C@@H](C(=O)N[C@@H]4CCCc5ccccc54)N(C(=O)[C@@H](NC(=O)[C@H](C)NC)C(C)(C)C)C3)cc2)cc1)C(=O)N1C[Si](C)(C)C[C@H]1C(=O)N[C@@H]1CCCc2ccccc21. The fourth-order valence-corrected chi connectivity index (χ4v) is 14.6. The fraction of sp³-hybridized carbons (Fsp3) is 0.492. The number of likely N-dealkylation sites (tertiary alicyclic amines) is 1. The number of benzene rings is 4. The summed E-state index contributed by atoms with van der Waals surface area (Å²) in [5, 5.41) is 21.5. The molecule has 17 heteroatoms. The van der Waals surface area contributed by atoms with Gasteiger partial charge in [-0.3, -0.25) is 33.6 Å². The highest BCUT2D eigenvalue weighted by Crippen LogP contribution is 2.34. The van der Waals surface area contributed by atoms with Crippen LogP contribution in [0.3, 0.4) is 0 Å². The molecule has 2 fully saturated rings. The van der Waals surface area contributed by atoms with Crippen molar-refractivity contribution in [2.75, 3.05) is 26.8 Å². The lowest BCUT2D eigenvalue weighted by Gasteiger charge is -2.36. The molecule has 0 spiro atoms. The van der Waals surface area contributed by atoms with Gasteiger partial charge in [-0.1, -0.05) is 119 Å². The number of rotatable bonds is 17. The van der Waals surface area contributed by atoms with Gasteiger partial charge in [0.05, 0.1) is 32.2 Å². The molecule has 0 bridgehead atoms. The first-order valence-corrected chi connectivity index (χ1v) is 31.4. The topological polar surface area (TPSA) is 210 Å². The van der Waals surface area contributed by atoms with Crippen molar-refractivity contribution in [1.29, 1.82) is 0 Å². The minimum Gasteiger partial charge on any atom is -0.348 e. The molecule has 4 aliphatic rings. The van der Waals surface area contributed by atoms with E-state index in [1.165, 1.54) is 16.0 Å². The zero-order valence-electron chi connectivity index (χ0n) is 47.0. The van der Waals surface area contributed by atoms with E-state index in [4.69, 9.17) is 0 Å². The normalized spacial score (nSPS) is 22.1. The van der Waals surface area contributed by atoms with Gasteiger partial charge < -0.3 is 47.0 Å². The Balaban J connectivity index is 0.950. The summed E-state index contributed by atoms with van der Waals surface area (Å²) >= 11 is 0. The van der Waals surface area contributed by atoms with E-state index in [0.29, 0.717) is 17.8 Å². The van der Waals surface area contributed by atoms with Gasteiger partial charge in [-0.05, 0) is 135 Å². The van der Waals surface area contributed by atoms with Gasteiger partial charge in [0.2, 0.25) is 35.4 Å². The zero-order valence-corrected chi connectivity index (χ0v) is 48.0. The second kappa shape index (κ2) is 24.5. The molecule has 2 aliphatic heterocycles. The van der Waals surface area contributed by atoms with Crippen LogP contribution in [-0.2, 0) is 48.0 Å². The molecule has 4 aromatic carbocycles. The third kappa shape index (κ3) is 13.4. The van der Waals surface area contributed by atoms with Crippen molar-refractivity contribution in [3.8, 4) is 11.1 Å². The minimum atomic E-state index is -2.00. The fourth-order valence-electron chi connectivity index (χ4n) is 11.7. The third-order valence-corrected chi connectivity index (χ3v) is 19.1. The molecule has 0 aromatic heterocycles. The number of likely N-dealkylation sites (N-methyl/N-ethyl adjacent to an activating group) is 2. The van der Waals surface area contributed by atoms with Gasteiger partial charge in [0.25, 0.3) is 5.91 Å². The number of carbonyl (C=O) groups excluding carboxylic acids is 7.